The maximum absolute atomic E-state index is 12.1. The van der Waals surface area contributed by atoms with Gasteiger partial charge in [-0.05, 0) is 30.7 Å². The molecule has 1 aromatic heterocycles. The first-order valence-electron chi connectivity index (χ1n) is 7.44. The van der Waals surface area contributed by atoms with Crippen LogP contribution in [0.2, 0.25) is 0 Å². The third kappa shape index (κ3) is 4.80. The van der Waals surface area contributed by atoms with Gasteiger partial charge < -0.3 is 10.6 Å². The molecule has 24 heavy (non-hydrogen) atoms. The summed E-state index contributed by atoms with van der Waals surface area (Å²) in [5.41, 5.74) is 0.419. The lowest BCUT2D eigenvalue weighted by molar-refractivity contribution is 0.251. The molecule has 1 heterocycles. The summed E-state index contributed by atoms with van der Waals surface area (Å²) in [6.07, 6.45) is 4.30. The molecule has 2 amide bonds. The van der Waals surface area contributed by atoms with E-state index in [2.05, 4.69) is 15.7 Å². The van der Waals surface area contributed by atoms with Crippen molar-refractivity contribution in [3.05, 3.63) is 42.7 Å². The fourth-order valence-electron chi connectivity index (χ4n) is 2.00. The van der Waals surface area contributed by atoms with E-state index in [0.717, 1.165) is 10.7 Å². The van der Waals surface area contributed by atoms with Crippen molar-refractivity contribution in [2.24, 2.45) is 0 Å². The molecular weight excluding hydrogens is 330 g/mol. The van der Waals surface area contributed by atoms with Crippen molar-refractivity contribution in [2.45, 2.75) is 17.9 Å². The average Bonchev–Trinajstić information content (AvgIpc) is 3.05. The molecule has 0 aliphatic carbocycles. The lowest BCUT2D eigenvalue weighted by Crippen LogP contribution is -2.30. The van der Waals surface area contributed by atoms with Gasteiger partial charge in [-0.15, -0.1) is 0 Å². The van der Waals surface area contributed by atoms with Crippen LogP contribution in [0.25, 0.3) is 0 Å². The van der Waals surface area contributed by atoms with E-state index in [0.29, 0.717) is 18.8 Å². The van der Waals surface area contributed by atoms with Gasteiger partial charge in [0, 0.05) is 45.3 Å². The second kappa shape index (κ2) is 7.93. The molecule has 2 N–H and O–H groups in total. The second-order valence-electron chi connectivity index (χ2n) is 5.32. The Balaban J connectivity index is 1.85. The zero-order valence-electron chi connectivity index (χ0n) is 13.6. The molecule has 0 spiro atoms. The van der Waals surface area contributed by atoms with Crippen molar-refractivity contribution in [3.63, 3.8) is 0 Å². The lowest BCUT2D eigenvalue weighted by atomic mass is 10.3. The van der Waals surface area contributed by atoms with Gasteiger partial charge >= 0.3 is 6.03 Å². The highest BCUT2D eigenvalue weighted by atomic mass is 32.2. The van der Waals surface area contributed by atoms with E-state index in [1.165, 1.54) is 26.2 Å². The number of rotatable bonds is 7. The highest BCUT2D eigenvalue weighted by molar-refractivity contribution is 7.89. The third-order valence-corrected chi connectivity index (χ3v) is 5.09. The van der Waals surface area contributed by atoms with Gasteiger partial charge in [-0.3, -0.25) is 4.68 Å². The van der Waals surface area contributed by atoms with Crippen LogP contribution in [0.5, 0.6) is 0 Å². The molecule has 1 aromatic carbocycles. The predicted octanol–water partition coefficient (Wildman–Crippen LogP) is 1.35. The van der Waals surface area contributed by atoms with Gasteiger partial charge in [0.2, 0.25) is 10.0 Å². The molecule has 0 unspecified atom stereocenters. The van der Waals surface area contributed by atoms with Crippen molar-refractivity contribution in [2.75, 3.05) is 26.0 Å². The maximum Gasteiger partial charge on any atom is 0.319 e. The quantitative estimate of drug-likeness (QED) is 0.736. The molecule has 2 aromatic rings. The summed E-state index contributed by atoms with van der Waals surface area (Å²) < 4.78 is 27.1. The molecule has 0 radical (unpaired) electrons. The Bertz CT molecular complexity index is 772. The van der Waals surface area contributed by atoms with E-state index in [1.807, 2.05) is 12.3 Å². The number of nitrogens with one attached hydrogen (secondary N) is 2. The van der Waals surface area contributed by atoms with E-state index in [-0.39, 0.29) is 10.9 Å². The van der Waals surface area contributed by atoms with E-state index in [9.17, 15) is 13.2 Å². The Morgan fingerprint density at radius 2 is 2.08 bits per heavy atom. The highest BCUT2D eigenvalue weighted by Crippen LogP contribution is 2.17. The van der Waals surface area contributed by atoms with Crippen LogP contribution in [0, 0.1) is 0 Å². The zero-order valence-corrected chi connectivity index (χ0v) is 14.5. The van der Waals surface area contributed by atoms with Crippen LogP contribution in [0.3, 0.4) is 0 Å². The number of amides is 2. The summed E-state index contributed by atoms with van der Waals surface area (Å²) in [4.78, 5) is 12.0. The molecule has 0 bridgehead atoms. The van der Waals surface area contributed by atoms with Crippen LogP contribution in [-0.2, 0) is 16.6 Å². The van der Waals surface area contributed by atoms with Crippen LogP contribution >= 0.6 is 0 Å². The summed E-state index contributed by atoms with van der Waals surface area (Å²) >= 11 is 0. The topological polar surface area (TPSA) is 96.3 Å². The highest BCUT2D eigenvalue weighted by Gasteiger charge is 2.17. The number of carbonyl (C=O) groups excluding carboxylic acids is 1. The summed E-state index contributed by atoms with van der Waals surface area (Å²) in [7, 11) is -0.609. The zero-order chi connectivity index (χ0) is 17.6. The smallest absolute Gasteiger partial charge is 0.319 e. The number of benzene rings is 1. The van der Waals surface area contributed by atoms with Crippen LogP contribution < -0.4 is 10.6 Å². The number of urea groups is 1. The number of nitrogens with zero attached hydrogens (tertiary/aromatic N) is 3. The van der Waals surface area contributed by atoms with Crippen LogP contribution in [0.15, 0.2) is 47.6 Å². The molecule has 0 saturated heterocycles. The minimum atomic E-state index is -3.53. The fraction of sp³-hybridized carbons (Fsp3) is 0.333. The third-order valence-electron chi connectivity index (χ3n) is 3.28. The van der Waals surface area contributed by atoms with Crippen molar-refractivity contribution in [3.8, 4) is 0 Å². The molecule has 0 atom stereocenters. The SMILES string of the molecule is CN(C)S(=O)(=O)c1cccc(NC(=O)NCCCn2cccn2)c1. The average molecular weight is 351 g/mol. The van der Waals surface area contributed by atoms with Crippen molar-refractivity contribution in [1.82, 2.24) is 19.4 Å². The summed E-state index contributed by atoms with van der Waals surface area (Å²) in [6, 6.07) is 7.60. The normalized spacial score (nSPS) is 11.5. The molecule has 8 nitrogen and oxygen atoms in total. The van der Waals surface area contributed by atoms with Crippen molar-refractivity contribution >= 4 is 21.7 Å². The number of aromatic nitrogens is 2. The summed E-state index contributed by atoms with van der Waals surface area (Å²) in [5, 5.41) is 9.43. The Labute approximate surface area is 141 Å². The van der Waals surface area contributed by atoms with Gasteiger partial charge in [0.1, 0.15) is 0 Å². The van der Waals surface area contributed by atoms with Crippen molar-refractivity contribution in [1.29, 1.82) is 0 Å². The molecule has 0 aliphatic rings. The van der Waals surface area contributed by atoms with Crippen molar-refractivity contribution < 1.29 is 13.2 Å². The number of anilines is 1. The summed E-state index contributed by atoms with van der Waals surface area (Å²) in [6.45, 7) is 1.20. The number of hydrogen-bond acceptors (Lipinski definition) is 4. The first-order chi connectivity index (χ1) is 11.4. The van der Waals surface area contributed by atoms with Gasteiger partial charge in [0.05, 0.1) is 4.90 Å². The first kappa shape index (κ1) is 18.0. The maximum atomic E-state index is 12.1. The van der Waals surface area contributed by atoms with Gasteiger partial charge in [0.25, 0.3) is 0 Å². The minimum absolute atomic E-state index is 0.129. The Morgan fingerprint density at radius 3 is 2.75 bits per heavy atom. The van der Waals surface area contributed by atoms with Gasteiger partial charge in [-0.1, -0.05) is 6.07 Å². The monoisotopic (exact) mass is 351 g/mol. The molecule has 0 saturated carbocycles. The minimum Gasteiger partial charge on any atom is -0.338 e. The Hall–Kier alpha value is -2.39. The largest absolute Gasteiger partial charge is 0.338 e. The molecular formula is C15H21N5O3S. The van der Waals surface area contributed by atoms with Crippen LogP contribution in [-0.4, -0.2) is 49.2 Å². The van der Waals surface area contributed by atoms with Crippen LogP contribution in [0.4, 0.5) is 10.5 Å². The number of hydrogen-bond donors (Lipinski definition) is 2. The Morgan fingerprint density at radius 1 is 1.29 bits per heavy atom. The van der Waals surface area contributed by atoms with Gasteiger partial charge in [-0.25, -0.2) is 17.5 Å². The van der Waals surface area contributed by atoms with Crippen LogP contribution in [0.1, 0.15) is 6.42 Å². The lowest BCUT2D eigenvalue weighted by Gasteiger charge is -2.13. The van der Waals surface area contributed by atoms with E-state index in [4.69, 9.17) is 0 Å². The molecule has 2 rings (SSSR count). The molecule has 130 valence electrons. The van der Waals surface area contributed by atoms with E-state index < -0.39 is 10.0 Å². The standard InChI is InChI=1S/C15H21N5O3S/c1-19(2)24(22,23)14-7-3-6-13(12-14)18-15(21)16-8-4-10-20-11-5-9-17-20/h3,5-7,9,11-12H,4,8,10H2,1-2H3,(H2,16,18,21). The molecule has 0 fully saturated rings. The number of carbonyl (C=O) groups is 1. The van der Waals surface area contributed by atoms with Gasteiger partial charge in [-0.2, -0.15) is 5.10 Å². The number of aryl methyl sites for hydroxylation is 1. The first-order valence-corrected chi connectivity index (χ1v) is 8.88. The summed E-state index contributed by atoms with van der Waals surface area (Å²) in [5.74, 6) is 0. The predicted molar refractivity (Wildman–Crippen MR) is 91.2 cm³/mol. The molecule has 9 heteroatoms. The Kier molecular flexibility index (Phi) is 5.93. The molecule has 0 aliphatic heterocycles. The second-order valence-corrected chi connectivity index (χ2v) is 7.47. The van der Waals surface area contributed by atoms with E-state index in [1.54, 1.807) is 23.0 Å². The fourth-order valence-corrected chi connectivity index (χ4v) is 2.94. The van der Waals surface area contributed by atoms with E-state index >= 15 is 0 Å². The number of sulfonamides is 1. The van der Waals surface area contributed by atoms with Gasteiger partial charge in [0.15, 0.2) is 0 Å².